The number of nitrogens with one attached hydrogen (secondary N) is 1. The van der Waals surface area contributed by atoms with Gasteiger partial charge in [-0.15, -0.1) is 8.78 Å². The van der Waals surface area contributed by atoms with Gasteiger partial charge < -0.3 is 14.5 Å². The Morgan fingerprint density at radius 2 is 1.89 bits per heavy atom. The molecule has 144 valence electrons. The monoisotopic (exact) mass is 378 g/mol. The van der Waals surface area contributed by atoms with Crippen LogP contribution in [0.4, 0.5) is 8.78 Å². The van der Waals surface area contributed by atoms with Crippen LogP contribution >= 0.6 is 0 Å². The Bertz CT molecular complexity index is 947. The molecule has 0 saturated heterocycles. The molecule has 0 radical (unpaired) electrons. The van der Waals surface area contributed by atoms with Crippen LogP contribution in [0.1, 0.15) is 55.0 Å². The van der Waals surface area contributed by atoms with Crippen LogP contribution in [0.25, 0.3) is 0 Å². The van der Waals surface area contributed by atoms with Crippen molar-refractivity contribution in [1.82, 2.24) is 9.97 Å². The van der Waals surface area contributed by atoms with Gasteiger partial charge in [0.25, 0.3) is 5.56 Å². The summed E-state index contributed by atoms with van der Waals surface area (Å²) >= 11 is 0. The summed E-state index contributed by atoms with van der Waals surface area (Å²) < 4.78 is 35.5. The molecule has 0 saturated carbocycles. The smallest absolute Gasteiger partial charge is 0.395 e. The third-order valence-corrected chi connectivity index (χ3v) is 4.41. The highest BCUT2D eigenvalue weighted by atomic mass is 19.3. The average molecular weight is 378 g/mol. The maximum Gasteiger partial charge on any atom is 0.586 e. The molecule has 1 aliphatic rings. The molecule has 1 aromatic carbocycles. The summed E-state index contributed by atoms with van der Waals surface area (Å²) in [5.74, 6) is -0.371. The van der Waals surface area contributed by atoms with Crippen LogP contribution < -0.4 is 15.0 Å². The first-order chi connectivity index (χ1) is 12.4. The zero-order chi connectivity index (χ0) is 20.0. The van der Waals surface area contributed by atoms with Crippen molar-refractivity contribution in [2.24, 2.45) is 5.41 Å². The molecular weight excluding hydrogens is 358 g/mol. The van der Waals surface area contributed by atoms with Gasteiger partial charge in [-0.25, -0.2) is 4.98 Å². The first kappa shape index (κ1) is 19.0. The number of aromatic amines is 1. The maximum absolute atomic E-state index is 13.3. The number of H-pyrrole nitrogens is 1. The van der Waals surface area contributed by atoms with Crippen molar-refractivity contribution in [2.75, 3.05) is 0 Å². The lowest BCUT2D eigenvalue weighted by atomic mass is 9.73. The number of hydrogen-bond acceptors (Lipinski definition) is 5. The summed E-state index contributed by atoms with van der Waals surface area (Å²) in [5.41, 5.74) is -0.0130. The summed E-state index contributed by atoms with van der Waals surface area (Å²) in [7, 11) is 0. The highest BCUT2D eigenvalue weighted by Gasteiger charge is 2.44. The van der Waals surface area contributed by atoms with Crippen LogP contribution in [-0.2, 0) is 0 Å². The fourth-order valence-electron chi connectivity index (χ4n) is 3.12. The molecule has 0 unspecified atom stereocenters. The third kappa shape index (κ3) is 4.15. The Kier molecular flexibility index (Phi) is 4.53. The van der Waals surface area contributed by atoms with E-state index in [-0.39, 0.29) is 40.7 Å². The van der Waals surface area contributed by atoms with E-state index in [1.807, 2.05) is 20.8 Å². The second-order valence-electron chi connectivity index (χ2n) is 7.64. The van der Waals surface area contributed by atoms with Gasteiger partial charge in [0.05, 0.1) is 0 Å². The van der Waals surface area contributed by atoms with Crippen molar-refractivity contribution >= 4 is 5.78 Å². The molecule has 2 aromatic rings. The molecule has 2 heterocycles. The number of Topliss-reactive ketones (excluding diaryl/α,β-unsaturated/α-hetero) is 1. The standard InChI is InChI=1S/C19H20F2N2O4/c1-10-22-13(9-17(25)23-10)14(24)8-12(18(2,3)4)11-5-6-15-16(7-11)27-19(20,21)26-15/h5-7,9,12H,8H2,1-4H3,(H,22,23,25)/t12-/m0/s1. The van der Waals surface area contributed by atoms with Crippen LogP contribution in [-0.4, -0.2) is 22.0 Å². The molecular formula is C19H20F2N2O4. The molecule has 27 heavy (non-hydrogen) atoms. The van der Waals surface area contributed by atoms with Gasteiger partial charge in [0.2, 0.25) is 0 Å². The zero-order valence-corrected chi connectivity index (χ0v) is 15.4. The van der Waals surface area contributed by atoms with Crippen molar-refractivity contribution in [3.8, 4) is 11.5 Å². The molecule has 0 aliphatic carbocycles. The van der Waals surface area contributed by atoms with E-state index in [4.69, 9.17) is 0 Å². The van der Waals surface area contributed by atoms with Crippen molar-refractivity contribution < 1.29 is 23.0 Å². The highest BCUT2D eigenvalue weighted by Crippen LogP contribution is 2.45. The number of hydrogen-bond donors (Lipinski definition) is 1. The molecule has 0 amide bonds. The SMILES string of the molecule is Cc1nc(C(=O)C[C@@H](c2ccc3c(c2)OC(F)(F)O3)C(C)(C)C)cc(=O)[nH]1. The largest absolute Gasteiger partial charge is 0.586 e. The molecule has 0 bridgehead atoms. The Morgan fingerprint density at radius 1 is 1.22 bits per heavy atom. The van der Waals surface area contributed by atoms with E-state index in [2.05, 4.69) is 19.4 Å². The number of ether oxygens (including phenoxy) is 2. The van der Waals surface area contributed by atoms with Crippen LogP contribution in [0.2, 0.25) is 0 Å². The summed E-state index contributed by atoms with van der Waals surface area (Å²) in [4.78, 5) is 30.9. The fourth-order valence-corrected chi connectivity index (χ4v) is 3.12. The number of rotatable bonds is 4. The summed E-state index contributed by atoms with van der Waals surface area (Å²) in [5, 5.41) is 0. The van der Waals surface area contributed by atoms with Gasteiger partial charge in [-0.1, -0.05) is 26.8 Å². The fraction of sp³-hybridized carbons (Fsp3) is 0.421. The first-order valence-corrected chi connectivity index (χ1v) is 8.45. The number of benzene rings is 1. The number of alkyl halides is 2. The van der Waals surface area contributed by atoms with Crippen molar-refractivity contribution in [3.05, 3.63) is 51.7 Å². The summed E-state index contributed by atoms with van der Waals surface area (Å²) in [6.07, 6.45) is -3.63. The lowest BCUT2D eigenvalue weighted by molar-refractivity contribution is -0.286. The topological polar surface area (TPSA) is 81.3 Å². The molecule has 1 aliphatic heterocycles. The lowest BCUT2D eigenvalue weighted by Gasteiger charge is -2.30. The quantitative estimate of drug-likeness (QED) is 0.819. The normalized spacial score (nSPS) is 16.2. The number of aryl methyl sites for hydroxylation is 1. The first-order valence-electron chi connectivity index (χ1n) is 8.45. The van der Waals surface area contributed by atoms with E-state index in [0.29, 0.717) is 11.4 Å². The Hall–Kier alpha value is -2.77. The van der Waals surface area contributed by atoms with E-state index in [1.54, 1.807) is 13.0 Å². The molecule has 8 heteroatoms. The van der Waals surface area contributed by atoms with Crippen LogP contribution in [0, 0.1) is 12.3 Å². The minimum atomic E-state index is -3.69. The van der Waals surface area contributed by atoms with Gasteiger partial charge in [0.15, 0.2) is 17.3 Å². The van der Waals surface area contributed by atoms with Crippen molar-refractivity contribution in [3.63, 3.8) is 0 Å². The minimum absolute atomic E-state index is 0.0466. The Morgan fingerprint density at radius 3 is 2.52 bits per heavy atom. The molecule has 0 spiro atoms. The van der Waals surface area contributed by atoms with E-state index in [0.717, 1.165) is 6.07 Å². The third-order valence-electron chi connectivity index (χ3n) is 4.41. The summed E-state index contributed by atoms with van der Waals surface area (Å²) in [6.45, 7) is 7.43. The van der Waals surface area contributed by atoms with Crippen LogP contribution in [0.15, 0.2) is 29.1 Å². The minimum Gasteiger partial charge on any atom is -0.395 e. The van der Waals surface area contributed by atoms with Gasteiger partial charge in [-0.05, 0) is 36.0 Å². The van der Waals surface area contributed by atoms with Gasteiger partial charge >= 0.3 is 6.29 Å². The molecule has 1 atom stereocenters. The molecule has 1 N–H and O–H groups in total. The number of halogens is 2. The van der Waals surface area contributed by atoms with Gasteiger partial charge in [-0.2, -0.15) is 0 Å². The van der Waals surface area contributed by atoms with Crippen molar-refractivity contribution in [1.29, 1.82) is 0 Å². The molecule has 6 nitrogen and oxygen atoms in total. The van der Waals surface area contributed by atoms with Crippen LogP contribution in [0.5, 0.6) is 11.5 Å². The number of nitrogens with zero attached hydrogens (tertiary/aromatic N) is 1. The van der Waals surface area contributed by atoms with Crippen LogP contribution in [0.3, 0.4) is 0 Å². The Labute approximate surface area is 154 Å². The van der Waals surface area contributed by atoms with E-state index < -0.39 is 11.9 Å². The highest BCUT2D eigenvalue weighted by molar-refractivity contribution is 5.94. The average Bonchev–Trinajstić information content (AvgIpc) is 2.83. The van der Waals surface area contributed by atoms with E-state index in [9.17, 15) is 18.4 Å². The molecule has 1 aromatic heterocycles. The van der Waals surface area contributed by atoms with Gasteiger partial charge in [0, 0.05) is 12.5 Å². The number of carbonyl (C=O) groups excluding carboxylic acids is 1. The second kappa shape index (κ2) is 6.44. The van der Waals surface area contributed by atoms with E-state index in [1.165, 1.54) is 12.1 Å². The second-order valence-corrected chi connectivity index (χ2v) is 7.64. The van der Waals surface area contributed by atoms with Crippen molar-refractivity contribution in [2.45, 2.75) is 46.3 Å². The molecule has 0 fully saturated rings. The Balaban J connectivity index is 1.92. The zero-order valence-electron chi connectivity index (χ0n) is 15.4. The molecule has 3 rings (SSSR count). The summed E-state index contributed by atoms with van der Waals surface area (Å²) in [6, 6.07) is 5.68. The van der Waals surface area contributed by atoms with Gasteiger partial charge in [-0.3, -0.25) is 9.59 Å². The van der Waals surface area contributed by atoms with Gasteiger partial charge in [0.1, 0.15) is 11.5 Å². The number of carbonyl (C=O) groups is 1. The lowest BCUT2D eigenvalue weighted by Crippen LogP contribution is -2.26. The number of fused-ring (bicyclic) bond motifs is 1. The maximum atomic E-state index is 13.3. The number of ketones is 1. The predicted molar refractivity (Wildman–Crippen MR) is 93.4 cm³/mol. The number of aromatic nitrogens is 2. The van der Waals surface area contributed by atoms with E-state index >= 15 is 0 Å². The predicted octanol–water partition coefficient (Wildman–Crippen LogP) is 3.80.